The molecular formula is C12H17NO2. The van der Waals surface area contributed by atoms with Gasteiger partial charge in [-0.1, -0.05) is 12.1 Å². The molecule has 0 spiro atoms. The highest BCUT2D eigenvalue weighted by molar-refractivity contribution is 5.98. The van der Waals surface area contributed by atoms with Crippen molar-refractivity contribution in [3.63, 3.8) is 0 Å². The summed E-state index contributed by atoms with van der Waals surface area (Å²) >= 11 is 0. The van der Waals surface area contributed by atoms with E-state index in [4.69, 9.17) is 10.5 Å². The Bertz CT molecular complexity index is 359. The summed E-state index contributed by atoms with van der Waals surface area (Å²) < 4.78 is 5.24. The molecule has 0 aliphatic heterocycles. The molecule has 0 atom stereocenters. The molecule has 0 unspecified atom stereocenters. The van der Waals surface area contributed by atoms with Crippen molar-refractivity contribution in [2.45, 2.75) is 26.9 Å². The zero-order valence-electron chi connectivity index (χ0n) is 9.41. The molecule has 3 heteroatoms. The molecule has 0 aliphatic rings. The Hall–Kier alpha value is -1.35. The van der Waals surface area contributed by atoms with Crippen LogP contribution >= 0.6 is 0 Å². The van der Waals surface area contributed by atoms with Crippen LogP contribution in [0.4, 0.5) is 5.69 Å². The first-order chi connectivity index (χ1) is 7.00. The number of nitrogen functional groups attached to an aromatic ring is 1. The number of carbonyl (C=O) groups excluding carboxylic acids is 1. The van der Waals surface area contributed by atoms with Gasteiger partial charge < -0.3 is 10.5 Å². The smallest absolute Gasteiger partial charge is 0.188 e. The Balaban J connectivity index is 2.70. The second-order valence-corrected chi connectivity index (χ2v) is 3.85. The molecule has 0 saturated heterocycles. The van der Waals surface area contributed by atoms with Gasteiger partial charge in [0.1, 0.15) is 6.61 Å². The van der Waals surface area contributed by atoms with Crippen molar-refractivity contribution in [2.75, 3.05) is 12.3 Å². The average molecular weight is 207 g/mol. The lowest BCUT2D eigenvalue weighted by atomic mass is 10.1. The van der Waals surface area contributed by atoms with Gasteiger partial charge in [-0.05, 0) is 32.4 Å². The minimum atomic E-state index is -0.0320. The Kier molecular flexibility index (Phi) is 3.86. The van der Waals surface area contributed by atoms with Gasteiger partial charge in [0.15, 0.2) is 5.78 Å². The van der Waals surface area contributed by atoms with Gasteiger partial charge in [0.25, 0.3) is 0 Å². The molecule has 3 nitrogen and oxygen atoms in total. The minimum absolute atomic E-state index is 0.0320. The number of rotatable bonds is 4. The maximum Gasteiger partial charge on any atom is 0.188 e. The fraction of sp³-hybridized carbons (Fsp3) is 0.417. The van der Waals surface area contributed by atoms with Crippen LogP contribution in [-0.4, -0.2) is 18.5 Å². The maximum atomic E-state index is 11.6. The first kappa shape index (κ1) is 11.7. The number of hydrogen-bond acceptors (Lipinski definition) is 3. The highest BCUT2D eigenvalue weighted by atomic mass is 16.5. The van der Waals surface area contributed by atoms with Crippen molar-refractivity contribution < 1.29 is 9.53 Å². The van der Waals surface area contributed by atoms with E-state index in [-0.39, 0.29) is 18.5 Å². The third-order valence-corrected chi connectivity index (χ3v) is 2.15. The molecular weight excluding hydrogens is 190 g/mol. The van der Waals surface area contributed by atoms with Crippen molar-refractivity contribution in [1.82, 2.24) is 0 Å². The van der Waals surface area contributed by atoms with Gasteiger partial charge in [0, 0.05) is 11.3 Å². The van der Waals surface area contributed by atoms with Crippen LogP contribution in [-0.2, 0) is 4.74 Å². The van der Waals surface area contributed by atoms with Gasteiger partial charge in [-0.3, -0.25) is 4.79 Å². The van der Waals surface area contributed by atoms with Crippen LogP contribution in [0.3, 0.4) is 0 Å². The van der Waals surface area contributed by atoms with Crippen LogP contribution in [0, 0.1) is 6.92 Å². The molecule has 0 fully saturated rings. The normalized spacial score (nSPS) is 10.7. The van der Waals surface area contributed by atoms with Gasteiger partial charge >= 0.3 is 0 Å². The Morgan fingerprint density at radius 2 is 2.13 bits per heavy atom. The summed E-state index contributed by atoms with van der Waals surface area (Å²) in [5.41, 5.74) is 7.96. The fourth-order valence-electron chi connectivity index (χ4n) is 1.14. The van der Waals surface area contributed by atoms with E-state index in [1.807, 2.05) is 26.8 Å². The number of carbonyl (C=O) groups is 1. The van der Waals surface area contributed by atoms with E-state index in [0.717, 1.165) is 5.56 Å². The third kappa shape index (κ3) is 3.36. The summed E-state index contributed by atoms with van der Waals surface area (Å²) in [6, 6.07) is 5.32. The number of aryl methyl sites for hydroxylation is 1. The highest BCUT2D eigenvalue weighted by Gasteiger charge is 2.08. The van der Waals surface area contributed by atoms with Crippen molar-refractivity contribution >= 4 is 11.5 Å². The number of hydrogen-bond donors (Lipinski definition) is 1. The van der Waals surface area contributed by atoms with E-state index in [1.54, 1.807) is 12.1 Å². The quantitative estimate of drug-likeness (QED) is 0.608. The highest BCUT2D eigenvalue weighted by Crippen LogP contribution is 2.13. The molecule has 1 aromatic rings. The van der Waals surface area contributed by atoms with Crippen LogP contribution in [0.2, 0.25) is 0 Å². The van der Waals surface area contributed by atoms with Gasteiger partial charge in [-0.15, -0.1) is 0 Å². The van der Waals surface area contributed by atoms with Crippen LogP contribution in [0.1, 0.15) is 29.8 Å². The first-order valence-corrected chi connectivity index (χ1v) is 5.01. The summed E-state index contributed by atoms with van der Waals surface area (Å²) in [5, 5.41) is 0. The van der Waals surface area contributed by atoms with Crippen molar-refractivity contribution in [3.8, 4) is 0 Å². The summed E-state index contributed by atoms with van der Waals surface area (Å²) in [7, 11) is 0. The Labute approximate surface area is 90.2 Å². The second-order valence-electron chi connectivity index (χ2n) is 3.85. The first-order valence-electron chi connectivity index (χ1n) is 5.01. The average Bonchev–Trinajstić information content (AvgIpc) is 2.18. The van der Waals surface area contributed by atoms with Crippen LogP contribution in [0.25, 0.3) is 0 Å². The topological polar surface area (TPSA) is 52.3 Å². The van der Waals surface area contributed by atoms with Crippen LogP contribution in [0.15, 0.2) is 18.2 Å². The molecule has 1 aromatic carbocycles. The molecule has 0 aliphatic carbocycles. The standard InChI is InChI=1S/C12H17NO2/c1-8(2)15-7-12(14)10-5-4-9(3)11(13)6-10/h4-6,8H,7,13H2,1-3H3. The number of ketones is 1. The van der Waals surface area contributed by atoms with Gasteiger partial charge in [-0.2, -0.15) is 0 Å². The van der Waals surface area contributed by atoms with E-state index in [0.29, 0.717) is 11.3 Å². The molecule has 15 heavy (non-hydrogen) atoms. The SMILES string of the molecule is Cc1ccc(C(=O)COC(C)C)cc1N. The Morgan fingerprint density at radius 3 is 2.67 bits per heavy atom. The van der Waals surface area contributed by atoms with Crippen molar-refractivity contribution in [1.29, 1.82) is 0 Å². The summed E-state index contributed by atoms with van der Waals surface area (Å²) in [5.74, 6) is -0.0320. The minimum Gasteiger partial charge on any atom is -0.398 e. The van der Waals surface area contributed by atoms with E-state index in [1.165, 1.54) is 0 Å². The van der Waals surface area contributed by atoms with Gasteiger partial charge in [0.2, 0.25) is 0 Å². The largest absolute Gasteiger partial charge is 0.398 e. The molecule has 82 valence electrons. The summed E-state index contributed by atoms with van der Waals surface area (Å²) in [6.07, 6.45) is 0.0664. The van der Waals surface area contributed by atoms with Gasteiger partial charge in [-0.25, -0.2) is 0 Å². The van der Waals surface area contributed by atoms with Crippen molar-refractivity contribution in [2.24, 2.45) is 0 Å². The monoisotopic (exact) mass is 207 g/mol. The second kappa shape index (κ2) is 4.94. The predicted octanol–water partition coefficient (Wildman–Crippen LogP) is 2.18. The summed E-state index contributed by atoms with van der Waals surface area (Å²) in [4.78, 5) is 11.6. The lowest BCUT2D eigenvalue weighted by molar-refractivity contribution is 0.0585. The number of benzene rings is 1. The molecule has 0 radical (unpaired) electrons. The van der Waals surface area contributed by atoms with E-state index >= 15 is 0 Å². The number of anilines is 1. The number of Topliss-reactive ketones (excluding diaryl/α,β-unsaturated/α-hetero) is 1. The lowest BCUT2D eigenvalue weighted by Crippen LogP contribution is -2.13. The van der Waals surface area contributed by atoms with E-state index in [2.05, 4.69) is 0 Å². The lowest BCUT2D eigenvalue weighted by Gasteiger charge is -2.07. The van der Waals surface area contributed by atoms with Crippen LogP contribution < -0.4 is 5.73 Å². The predicted molar refractivity (Wildman–Crippen MR) is 61.0 cm³/mol. The van der Waals surface area contributed by atoms with Crippen LogP contribution in [0.5, 0.6) is 0 Å². The third-order valence-electron chi connectivity index (χ3n) is 2.15. The molecule has 0 saturated carbocycles. The molecule has 1 rings (SSSR count). The molecule has 2 N–H and O–H groups in total. The van der Waals surface area contributed by atoms with Crippen molar-refractivity contribution in [3.05, 3.63) is 29.3 Å². The summed E-state index contributed by atoms with van der Waals surface area (Å²) in [6.45, 7) is 5.82. The number of ether oxygens (including phenoxy) is 1. The Morgan fingerprint density at radius 1 is 1.47 bits per heavy atom. The fourth-order valence-corrected chi connectivity index (χ4v) is 1.14. The zero-order valence-corrected chi connectivity index (χ0v) is 9.41. The molecule has 0 aromatic heterocycles. The van der Waals surface area contributed by atoms with E-state index in [9.17, 15) is 4.79 Å². The molecule has 0 heterocycles. The number of nitrogens with two attached hydrogens (primary N) is 1. The van der Waals surface area contributed by atoms with E-state index < -0.39 is 0 Å². The molecule has 0 amide bonds. The molecule has 0 bridgehead atoms. The maximum absolute atomic E-state index is 11.6. The zero-order chi connectivity index (χ0) is 11.4. The van der Waals surface area contributed by atoms with Gasteiger partial charge in [0.05, 0.1) is 6.10 Å².